The number of rotatable bonds is 2. The van der Waals surface area contributed by atoms with Crippen molar-refractivity contribution in [3.8, 4) is 16.3 Å². The fourth-order valence-corrected chi connectivity index (χ4v) is 2.10. The molecule has 1 heterocycles. The molecule has 15 heavy (non-hydrogen) atoms. The zero-order valence-electron chi connectivity index (χ0n) is 8.69. The average Bonchev–Trinajstić information content (AvgIpc) is 2.65. The molecule has 0 atom stereocenters. The number of phenols is 1. The Morgan fingerprint density at radius 1 is 1.33 bits per heavy atom. The van der Waals surface area contributed by atoms with Crippen LogP contribution in [-0.2, 0) is 6.42 Å². The van der Waals surface area contributed by atoms with Gasteiger partial charge in [-0.3, -0.25) is 0 Å². The Kier molecular flexibility index (Phi) is 2.68. The highest BCUT2D eigenvalue weighted by Crippen LogP contribution is 2.28. The lowest BCUT2D eigenvalue weighted by Gasteiger charge is -2.02. The van der Waals surface area contributed by atoms with Gasteiger partial charge in [0.25, 0.3) is 0 Å². The van der Waals surface area contributed by atoms with E-state index in [1.165, 1.54) is 11.3 Å². The van der Waals surface area contributed by atoms with Crippen molar-refractivity contribution in [1.29, 1.82) is 0 Å². The second kappa shape index (κ2) is 3.98. The standard InChI is InChI=1S/C11H12N2OS/c1-3-8-4-5-9(6-10(8)14)11-13-12-7(2)15-11/h4-6,14H,3H2,1-2H3. The van der Waals surface area contributed by atoms with Crippen molar-refractivity contribution in [1.82, 2.24) is 10.2 Å². The van der Waals surface area contributed by atoms with Gasteiger partial charge in [0.1, 0.15) is 15.8 Å². The van der Waals surface area contributed by atoms with Gasteiger partial charge in [0.15, 0.2) is 0 Å². The third kappa shape index (κ3) is 1.99. The highest BCUT2D eigenvalue weighted by molar-refractivity contribution is 7.14. The van der Waals surface area contributed by atoms with Gasteiger partial charge in [-0.25, -0.2) is 0 Å². The van der Waals surface area contributed by atoms with Gasteiger partial charge in [0, 0.05) is 5.56 Å². The van der Waals surface area contributed by atoms with E-state index in [0.29, 0.717) is 5.75 Å². The second-order valence-corrected chi connectivity index (χ2v) is 4.50. The molecule has 0 saturated heterocycles. The van der Waals surface area contributed by atoms with Crippen LogP contribution in [0.15, 0.2) is 18.2 Å². The third-order valence-electron chi connectivity index (χ3n) is 2.24. The third-order valence-corrected chi connectivity index (χ3v) is 3.13. The molecule has 0 radical (unpaired) electrons. The van der Waals surface area contributed by atoms with Gasteiger partial charge in [-0.05, 0) is 25.0 Å². The number of nitrogens with zero attached hydrogens (tertiary/aromatic N) is 2. The lowest BCUT2D eigenvalue weighted by atomic mass is 10.1. The van der Waals surface area contributed by atoms with Crippen molar-refractivity contribution in [2.75, 3.05) is 0 Å². The fourth-order valence-electron chi connectivity index (χ4n) is 1.41. The molecule has 0 unspecified atom stereocenters. The van der Waals surface area contributed by atoms with Crippen molar-refractivity contribution in [2.45, 2.75) is 20.3 Å². The van der Waals surface area contributed by atoms with Crippen LogP contribution in [-0.4, -0.2) is 15.3 Å². The monoisotopic (exact) mass is 220 g/mol. The van der Waals surface area contributed by atoms with Gasteiger partial charge in [0.05, 0.1) is 0 Å². The highest BCUT2D eigenvalue weighted by atomic mass is 32.1. The Morgan fingerprint density at radius 2 is 2.13 bits per heavy atom. The van der Waals surface area contributed by atoms with Gasteiger partial charge >= 0.3 is 0 Å². The molecule has 0 bridgehead atoms. The predicted molar refractivity (Wildman–Crippen MR) is 61.1 cm³/mol. The van der Waals surface area contributed by atoms with Crippen LogP contribution >= 0.6 is 11.3 Å². The normalized spacial score (nSPS) is 10.5. The molecule has 1 aromatic carbocycles. The van der Waals surface area contributed by atoms with E-state index in [1.807, 2.05) is 26.0 Å². The Balaban J connectivity index is 2.42. The van der Waals surface area contributed by atoms with E-state index >= 15 is 0 Å². The van der Waals surface area contributed by atoms with Crippen LogP contribution in [0, 0.1) is 6.92 Å². The summed E-state index contributed by atoms with van der Waals surface area (Å²) in [5.74, 6) is 0.336. The summed E-state index contributed by atoms with van der Waals surface area (Å²) < 4.78 is 0. The summed E-state index contributed by atoms with van der Waals surface area (Å²) in [4.78, 5) is 0. The predicted octanol–water partition coefficient (Wildman–Crippen LogP) is 2.78. The summed E-state index contributed by atoms with van der Waals surface area (Å²) in [6.07, 6.45) is 0.835. The molecule has 1 aromatic heterocycles. The van der Waals surface area contributed by atoms with Gasteiger partial charge in [0.2, 0.25) is 0 Å². The SMILES string of the molecule is CCc1ccc(-c2nnc(C)s2)cc1O. The Labute approximate surface area is 92.4 Å². The highest BCUT2D eigenvalue weighted by Gasteiger charge is 2.06. The minimum Gasteiger partial charge on any atom is -0.508 e. The molecule has 78 valence electrons. The van der Waals surface area contributed by atoms with Crippen LogP contribution in [0.4, 0.5) is 0 Å². The minimum absolute atomic E-state index is 0.336. The van der Waals surface area contributed by atoms with Gasteiger partial charge in [-0.2, -0.15) is 0 Å². The molecule has 1 N–H and O–H groups in total. The molecule has 0 fully saturated rings. The lowest BCUT2D eigenvalue weighted by Crippen LogP contribution is -1.83. The fraction of sp³-hybridized carbons (Fsp3) is 0.273. The summed E-state index contributed by atoms with van der Waals surface area (Å²) in [7, 11) is 0. The van der Waals surface area contributed by atoms with Crippen molar-refractivity contribution in [3.05, 3.63) is 28.8 Å². The Hall–Kier alpha value is -1.42. The maximum Gasteiger partial charge on any atom is 0.147 e. The average molecular weight is 220 g/mol. The van der Waals surface area contributed by atoms with E-state index in [9.17, 15) is 5.11 Å². The van der Waals surface area contributed by atoms with Crippen molar-refractivity contribution in [3.63, 3.8) is 0 Å². The molecule has 0 aliphatic rings. The van der Waals surface area contributed by atoms with E-state index in [2.05, 4.69) is 10.2 Å². The molecule has 0 saturated carbocycles. The smallest absolute Gasteiger partial charge is 0.147 e. The van der Waals surface area contributed by atoms with E-state index in [0.717, 1.165) is 27.6 Å². The first-order valence-electron chi connectivity index (χ1n) is 4.83. The molecular weight excluding hydrogens is 208 g/mol. The number of aromatic hydroxyl groups is 1. The molecule has 3 nitrogen and oxygen atoms in total. The largest absolute Gasteiger partial charge is 0.508 e. The quantitative estimate of drug-likeness (QED) is 0.846. The maximum atomic E-state index is 9.72. The lowest BCUT2D eigenvalue weighted by molar-refractivity contribution is 0.469. The van der Waals surface area contributed by atoms with Gasteiger partial charge in [-0.15, -0.1) is 10.2 Å². The van der Waals surface area contributed by atoms with E-state index in [-0.39, 0.29) is 0 Å². The zero-order valence-corrected chi connectivity index (χ0v) is 9.51. The van der Waals surface area contributed by atoms with Crippen molar-refractivity contribution < 1.29 is 5.11 Å². The number of hydrogen-bond donors (Lipinski definition) is 1. The molecule has 2 aromatic rings. The van der Waals surface area contributed by atoms with Gasteiger partial charge < -0.3 is 5.11 Å². The number of phenolic OH excluding ortho intramolecular Hbond substituents is 1. The molecule has 0 aliphatic carbocycles. The molecular formula is C11H12N2OS. The van der Waals surface area contributed by atoms with Crippen LogP contribution < -0.4 is 0 Å². The van der Waals surface area contributed by atoms with Crippen molar-refractivity contribution in [2.24, 2.45) is 0 Å². The first-order valence-corrected chi connectivity index (χ1v) is 5.64. The first kappa shape index (κ1) is 10.1. The van der Waals surface area contributed by atoms with E-state index < -0.39 is 0 Å². The molecule has 2 rings (SSSR count). The van der Waals surface area contributed by atoms with Gasteiger partial charge in [-0.1, -0.05) is 30.4 Å². The van der Waals surface area contributed by atoms with Crippen LogP contribution in [0.25, 0.3) is 10.6 Å². The molecule has 0 amide bonds. The molecule has 0 aliphatic heterocycles. The number of hydrogen-bond acceptors (Lipinski definition) is 4. The van der Waals surface area contributed by atoms with E-state index in [1.54, 1.807) is 6.07 Å². The number of aryl methyl sites for hydroxylation is 2. The molecule has 0 spiro atoms. The summed E-state index contributed by atoms with van der Waals surface area (Å²) in [6, 6.07) is 5.65. The topological polar surface area (TPSA) is 46.0 Å². The van der Waals surface area contributed by atoms with Crippen LogP contribution in [0.2, 0.25) is 0 Å². The maximum absolute atomic E-state index is 9.72. The summed E-state index contributed by atoms with van der Waals surface area (Å²) in [5, 5.41) is 19.5. The number of aromatic nitrogens is 2. The minimum atomic E-state index is 0.336. The Bertz CT molecular complexity index is 479. The second-order valence-electron chi connectivity index (χ2n) is 3.32. The number of benzene rings is 1. The summed E-state index contributed by atoms with van der Waals surface area (Å²) >= 11 is 1.53. The van der Waals surface area contributed by atoms with Crippen LogP contribution in [0.1, 0.15) is 17.5 Å². The summed E-state index contributed by atoms with van der Waals surface area (Å²) in [5.41, 5.74) is 1.88. The summed E-state index contributed by atoms with van der Waals surface area (Å²) in [6.45, 7) is 3.94. The van der Waals surface area contributed by atoms with Crippen LogP contribution in [0.5, 0.6) is 5.75 Å². The zero-order chi connectivity index (χ0) is 10.8. The van der Waals surface area contributed by atoms with Crippen molar-refractivity contribution >= 4 is 11.3 Å². The Morgan fingerprint density at radius 3 is 2.67 bits per heavy atom. The van der Waals surface area contributed by atoms with E-state index in [4.69, 9.17) is 0 Å². The first-order chi connectivity index (χ1) is 7.20. The molecule has 4 heteroatoms. The van der Waals surface area contributed by atoms with Crippen LogP contribution in [0.3, 0.4) is 0 Å².